The van der Waals surface area contributed by atoms with Gasteiger partial charge in [-0.25, -0.2) is 0 Å². The summed E-state index contributed by atoms with van der Waals surface area (Å²) in [5, 5.41) is 3.44. The highest BCUT2D eigenvalue weighted by Gasteiger charge is 2.12. The Hall–Kier alpha value is -1.42. The molecular formula is C14H23NO3. The van der Waals surface area contributed by atoms with Crippen LogP contribution in [-0.4, -0.2) is 27.4 Å². The van der Waals surface area contributed by atoms with E-state index in [0.29, 0.717) is 11.8 Å². The van der Waals surface area contributed by atoms with Gasteiger partial charge in [-0.15, -0.1) is 0 Å². The maximum absolute atomic E-state index is 5.38. The zero-order valence-electron chi connectivity index (χ0n) is 11.9. The maximum atomic E-state index is 5.38. The SMILES string of the molecule is CC[C@@H](C)NCc1cc(OC)c(OC)cc1OC. The summed E-state index contributed by atoms with van der Waals surface area (Å²) in [4.78, 5) is 0. The number of nitrogens with one attached hydrogen (secondary N) is 1. The molecule has 0 aliphatic heterocycles. The van der Waals surface area contributed by atoms with E-state index in [1.807, 2.05) is 12.1 Å². The predicted molar refractivity (Wildman–Crippen MR) is 72.7 cm³/mol. The van der Waals surface area contributed by atoms with Crippen molar-refractivity contribution < 1.29 is 14.2 Å². The van der Waals surface area contributed by atoms with Crippen molar-refractivity contribution >= 4 is 0 Å². The number of methoxy groups -OCH3 is 3. The Labute approximate surface area is 109 Å². The van der Waals surface area contributed by atoms with E-state index in [9.17, 15) is 0 Å². The largest absolute Gasteiger partial charge is 0.496 e. The Morgan fingerprint density at radius 2 is 1.56 bits per heavy atom. The zero-order chi connectivity index (χ0) is 13.5. The van der Waals surface area contributed by atoms with Gasteiger partial charge in [-0.3, -0.25) is 0 Å². The summed E-state index contributed by atoms with van der Waals surface area (Å²) < 4.78 is 15.9. The molecule has 0 amide bonds. The summed E-state index contributed by atoms with van der Waals surface area (Å²) in [5.41, 5.74) is 1.07. The highest BCUT2D eigenvalue weighted by Crippen LogP contribution is 2.34. The van der Waals surface area contributed by atoms with Gasteiger partial charge < -0.3 is 19.5 Å². The third-order valence-electron chi connectivity index (χ3n) is 3.04. The number of benzene rings is 1. The molecule has 0 aliphatic carbocycles. The van der Waals surface area contributed by atoms with Crippen molar-refractivity contribution in [3.8, 4) is 17.2 Å². The van der Waals surface area contributed by atoms with E-state index in [0.717, 1.165) is 30.0 Å². The van der Waals surface area contributed by atoms with Crippen LogP contribution in [0.15, 0.2) is 12.1 Å². The normalized spacial score (nSPS) is 12.1. The smallest absolute Gasteiger partial charge is 0.164 e. The number of hydrogen-bond donors (Lipinski definition) is 1. The van der Waals surface area contributed by atoms with Gasteiger partial charge >= 0.3 is 0 Å². The number of rotatable bonds is 7. The molecule has 1 N–H and O–H groups in total. The van der Waals surface area contributed by atoms with Gasteiger partial charge in [-0.1, -0.05) is 6.92 Å². The third kappa shape index (κ3) is 3.53. The van der Waals surface area contributed by atoms with Gasteiger partial charge in [0.15, 0.2) is 11.5 Å². The molecule has 0 aliphatic rings. The van der Waals surface area contributed by atoms with E-state index in [1.54, 1.807) is 21.3 Å². The Balaban J connectivity index is 2.94. The lowest BCUT2D eigenvalue weighted by atomic mass is 10.1. The molecule has 0 fully saturated rings. The van der Waals surface area contributed by atoms with E-state index in [2.05, 4.69) is 19.2 Å². The van der Waals surface area contributed by atoms with Crippen LogP contribution in [0.25, 0.3) is 0 Å². The molecule has 1 aromatic rings. The molecule has 0 radical (unpaired) electrons. The van der Waals surface area contributed by atoms with Crippen LogP contribution in [-0.2, 0) is 6.54 Å². The fourth-order valence-electron chi connectivity index (χ4n) is 1.66. The maximum Gasteiger partial charge on any atom is 0.164 e. The van der Waals surface area contributed by atoms with Crippen LogP contribution in [0.4, 0.5) is 0 Å². The van der Waals surface area contributed by atoms with Crippen LogP contribution in [0.2, 0.25) is 0 Å². The van der Waals surface area contributed by atoms with Gasteiger partial charge in [-0.2, -0.15) is 0 Å². The van der Waals surface area contributed by atoms with E-state index < -0.39 is 0 Å². The zero-order valence-corrected chi connectivity index (χ0v) is 11.9. The lowest BCUT2D eigenvalue weighted by molar-refractivity contribution is 0.346. The Bertz CT molecular complexity index is 380. The molecule has 0 heterocycles. The van der Waals surface area contributed by atoms with Gasteiger partial charge in [0.2, 0.25) is 0 Å². The van der Waals surface area contributed by atoms with Crippen molar-refractivity contribution in [2.45, 2.75) is 32.9 Å². The summed E-state index contributed by atoms with van der Waals surface area (Å²) in [7, 11) is 4.92. The molecule has 18 heavy (non-hydrogen) atoms. The Morgan fingerprint density at radius 1 is 1.00 bits per heavy atom. The van der Waals surface area contributed by atoms with E-state index in [4.69, 9.17) is 14.2 Å². The van der Waals surface area contributed by atoms with Gasteiger partial charge in [-0.05, 0) is 19.4 Å². The lowest BCUT2D eigenvalue weighted by Gasteiger charge is -2.16. The number of ether oxygens (including phenoxy) is 3. The summed E-state index contributed by atoms with van der Waals surface area (Å²) in [6, 6.07) is 4.28. The molecule has 0 saturated carbocycles. The minimum Gasteiger partial charge on any atom is -0.496 e. The van der Waals surface area contributed by atoms with Crippen molar-refractivity contribution in [1.82, 2.24) is 5.32 Å². The monoisotopic (exact) mass is 253 g/mol. The average molecular weight is 253 g/mol. The van der Waals surface area contributed by atoms with Crippen LogP contribution >= 0.6 is 0 Å². The molecule has 1 aromatic carbocycles. The van der Waals surface area contributed by atoms with Crippen molar-refractivity contribution in [3.05, 3.63) is 17.7 Å². The lowest BCUT2D eigenvalue weighted by Crippen LogP contribution is -2.24. The first-order chi connectivity index (χ1) is 8.65. The fraction of sp³-hybridized carbons (Fsp3) is 0.571. The average Bonchev–Trinajstić information content (AvgIpc) is 2.43. The Kier molecular flexibility index (Phi) is 5.78. The second-order valence-corrected chi connectivity index (χ2v) is 4.21. The highest BCUT2D eigenvalue weighted by atomic mass is 16.5. The van der Waals surface area contributed by atoms with Gasteiger partial charge in [0, 0.05) is 24.2 Å². The van der Waals surface area contributed by atoms with Gasteiger partial charge in [0.05, 0.1) is 21.3 Å². The van der Waals surface area contributed by atoms with Crippen molar-refractivity contribution in [2.75, 3.05) is 21.3 Å². The van der Waals surface area contributed by atoms with E-state index in [-0.39, 0.29) is 0 Å². The second kappa shape index (κ2) is 7.11. The molecule has 0 spiro atoms. The predicted octanol–water partition coefficient (Wildman–Crippen LogP) is 2.60. The van der Waals surface area contributed by atoms with Crippen LogP contribution in [0.3, 0.4) is 0 Å². The number of hydrogen-bond acceptors (Lipinski definition) is 4. The minimum atomic E-state index is 0.475. The molecule has 1 rings (SSSR count). The first kappa shape index (κ1) is 14.6. The van der Waals surface area contributed by atoms with Crippen LogP contribution in [0, 0.1) is 0 Å². The standard InChI is InChI=1S/C14H23NO3/c1-6-10(2)15-9-11-7-13(17-4)14(18-5)8-12(11)16-3/h7-8,10,15H,6,9H2,1-5H3/t10-/m1/s1. The molecule has 4 nitrogen and oxygen atoms in total. The summed E-state index contributed by atoms with van der Waals surface area (Å²) in [6.07, 6.45) is 1.09. The van der Waals surface area contributed by atoms with Crippen molar-refractivity contribution in [3.63, 3.8) is 0 Å². The quantitative estimate of drug-likeness (QED) is 0.811. The van der Waals surface area contributed by atoms with Crippen molar-refractivity contribution in [2.24, 2.45) is 0 Å². The fourth-order valence-corrected chi connectivity index (χ4v) is 1.66. The minimum absolute atomic E-state index is 0.475. The molecule has 0 saturated heterocycles. The molecule has 0 aromatic heterocycles. The topological polar surface area (TPSA) is 39.7 Å². The van der Waals surface area contributed by atoms with Gasteiger partial charge in [0.1, 0.15) is 5.75 Å². The third-order valence-corrected chi connectivity index (χ3v) is 3.04. The van der Waals surface area contributed by atoms with Gasteiger partial charge in [0.25, 0.3) is 0 Å². The highest BCUT2D eigenvalue weighted by molar-refractivity contribution is 5.50. The molecular weight excluding hydrogens is 230 g/mol. The Morgan fingerprint density at radius 3 is 2.06 bits per heavy atom. The van der Waals surface area contributed by atoms with Crippen LogP contribution in [0.5, 0.6) is 17.2 Å². The van der Waals surface area contributed by atoms with E-state index in [1.165, 1.54) is 0 Å². The molecule has 4 heteroatoms. The summed E-state index contributed by atoms with van der Waals surface area (Å²) >= 11 is 0. The molecule has 0 unspecified atom stereocenters. The van der Waals surface area contributed by atoms with Crippen LogP contribution in [0.1, 0.15) is 25.8 Å². The first-order valence-corrected chi connectivity index (χ1v) is 6.18. The molecule has 0 bridgehead atoms. The molecule has 1 atom stereocenters. The first-order valence-electron chi connectivity index (χ1n) is 6.18. The van der Waals surface area contributed by atoms with Crippen LogP contribution < -0.4 is 19.5 Å². The van der Waals surface area contributed by atoms with Crippen molar-refractivity contribution in [1.29, 1.82) is 0 Å². The summed E-state index contributed by atoms with van der Waals surface area (Å²) in [6.45, 7) is 5.06. The van der Waals surface area contributed by atoms with E-state index >= 15 is 0 Å². The second-order valence-electron chi connectivity index (χ2n) is 4.21. The summed E-state index contributed by atoms with van der Waals surface area (Å²) in [5.74, 6) is 2.21. The molecule has 102 valence electrons.